The van der Waals surface area contributed by atoms with Crippen LogP contribution < -0.4 is 5.32 Å². The minimum atomic E-state index is -1.36. The van der Waals surface area contributed by atoms with Gasteiger partial charge >= 0.3 is 18.0 Å². The molecule has 3 heterocycles. The van der Waals surface area contributed by atoms with Crippen LogP contribution in [-0.2, 0) is 25.8 Å². The first-order chi connectivity index (χ1) is 21.9. The highest BCUT2D eigenvalue weighted by atomic mass is 19.3. The van der Waals surface area contributed by atoms with E-state index in [2.05, 4.69) is 20.2 Å². The number of rotatable bonds is 5. The van der Waals surface area contributed by atoms with Crippen molar-refractivity contribution in [3.63, 3.8) is 0 Å². The van der Waals surface area contributed by atoms with Crippen molar-refractivity contribution in [1.82, 2.24) is 15.3 Å². The number of ether oxygens (including phenoxy) is 2. The Morgan fingerprint density at radius 3 is 2.51 bits per heavy atom. The molecule has 5 N–H and O–H groups in total. The second-order valence-electron chi connectivity index (χ2n) is 11.3. The van der Waals surface area contributed by atoms with Crippen LogP contribution in [0.3, 0.4) is 0 Å². The standard InChI is InChI=1S/C27H34N2O6.C5H5NO2.CH3FO.CH4/c1-16-14-17(2)27(33)21(6-4-20-5-8-22(30)24(20)27)7-9-23(31)35-25(16)18(3)34-26(32)29-15-19-10-12-28-13-11-19;7-5(8)4-2-1-3-6-4;1-3-2;/h4,6,10-14,16,18,21-22,25,30,33H,5,7-9,15H2,1-3H3,(H,29,32);1-3,6H,(H,7,8);1H3;1H4/b17-14+;;;/t16?,18?,21?,22-,25?,27+;;;/m1.../s1. The lowest BCUT2D eigenvalue weighted by Gasteiger charge is -2.42. The highest BCUT2D eigenvalue weighted by molar-refractivity contribution is 5.85. The number of carboxylic acids is 1. The number of esters is 1. The fourth-order valence-corrected chi connectivity index (χ4v) is 5.99. The van der Waals surface area contributed by atoms with E-state index >= 15 is 0 Å². The highest BCUT2D eigenvalue weighted by Gasteiger charge is 2.48. The summed E-state index contributed by atoms with van der Waals surface area (Å²) >= 11 is 0. The van der Waals surface area contributed by atoms with Gasteiger partial charge in [-0.3, -0.25) is 9.78 Å². The topological polar surface area (TPSA) is 180 Å². The predicted molar refractivity (Wildman–Crippen MR) is 172 cm³/mol. The maximum atomic E-state index is 12.7. The highest BCUT2D eigenvalue weighted by Crippen LogP contribution is 2.48. The van der Waals surface area contributed by atoms with E-state index in [4.69, 9.17) is 14.6 Å². The van der Waals surface area contributed by atoms with Gasteiger partial charge in [0.05, 0.1) is 13.2 Å². The number of aliphatic hydroxyl groups excluding tert-OH is 1. The average molecular weight is 660 g/mol. The van der Waals surface area contributed by atoms with Crippen LogP contribution >= 0.6 is 0 Å². The number of carbonyl (C=O) groups is 3. The SMILES string of the molecule is C.C/C1=C\C(C)C(C(C)OC(=O)NCc2ccncc2)OC(=O)CCC2C=CC3=C([C@H](O)CC3)[C@]12O.COF.O=C(O)c1ccc[nH]1. The van der Waals surface area contributed by atoms with E-state index in [1.54, 1.807) is 43.7 Å². The van der Waals surface area contributed by atoms with Crippen LogP contribution in [0.1, 0.15) is 69.9 Å². The van der Waals surface area contributed by atoms with E-state index < -0.39 is 41.9 Å². The molecular formula is C34H46FN3O9. The van der Waals surface area contributed by atoms with Crippen molar-refractivity contribution in [1.29, 1.82) is 0 Å². The summed E-state index contributed by atoms with van der Waals surface area (Å²) in [5.41, 5.74) is 2.07. The number of pyridine rings is 1. The number of cyclic esters (lactones) is 1. The number of aromatic carboxylic acids is 1. The molecule has 0 bridgehead atoms. The Kier molecular flexibility index (Phi) is 15.0. The summed E-state index contributed by atoms with van der Waals surface area (Å²) in [6.45, 7) is 5.70. The third-order valence-corrected chi connectivity index (χ3v) is 8.17. The molecule has 1 aliphatic heterocycles. The van der Waals surface area contributed by atoms with E-state index in [1.165, 1.54) is 6.07 Å². The van der Waals surface area contributed by atoms with Crippen molar-refractivity contribution in [2.75, 3.05) is 7.11 Å². The number of hydrogen-bond donors (Lipinski definition) is 5. The van der Waals surface area contributed by atoms with Crippen LogP contribution in [0, 0.1) is 11.8 Å². The molecular weight excluding hydrogens is 613 g/mol. The number of hydrogen-bond acceptors (Lipinski definition) is 9. The van der Waals surface area contributed by atoms with Gasteiger partial charge < -0.3 is 35.1 Å². The van der Waals surface area contributed by atoms with Gasteiger partial charge in [-0.15, -0.1) is 0 Å². The summed E-state index contributed by atoms with van der Waals surface area (Å²) < 4.78 is 21.1. The molecule has 12 nitrogen and oxygen atoms in total. The molecule has 0 saturated heterocycles. The van der Waals surface area contributed by atoms with Gasteiger partial charge in [0.2, 0.25) is 0 Å². The molecule has 0 fully saturated rings. The molecule has 0 spiro atoms. The number of carboxylic acid groups (broad SMARTS) is 1. The quantitative estimate of drug-likeness (QED) is 0.211. The van der Waals surface area contributed by atoms with E-state index in [-0.39, 0.29) is 37.9 Å². The van der Waals surface area contributed by atoms with Gasteiger partial charge in [-0.25, -0.2) is 9.59 Å². The summed E-state index contributed by atoms with van der Waals surface area (Å²) in [6.07, 6.45) is 9.66. The Bertz CT molecular complexity index is 1410. The third-order valence-electron chi connectivity index (χ3n) is 8.17. The van der Waals surface area contributed by atoms with Gasteiger partial charge in [-0.05, 0) is 84.2 Å². The Morgan fingerprint density at radius 2 is 1.91 bits per heavy atom. The molecule has 2 aromatic heterocycles. The number of alkyl carbamates (subject to hydrolysis) is 1. The number of aliphatic hydroxyl groups is 2. The molecule has 0 aromatic carbocycles. The molecule has 5 rings (SSSR count). The fraction of sp³-hybridized carbons (Fsp3) is 0.471. The van der Waals surface area contributed by atoms with Crippen LogP contribution in [0.2, 0.25) is 0 Å². The van der Waals surface area contributed by atoms with Crippen LogP contribution in [-0.4, -0.2) is 74.3 Å². The molecule has 4 unspecified atom stereocenters. The summed E-state index contributed by atoms with van der Waals surface area (Å²) in [7, 11) is 0.958. The number of aromatic amines is 1. The smallest absolute Gasteiger partial charge is 0.407 e. The number of amides is 1. The molecule has 6 atom stereocenters. The number of fused-ring (bicyclic) bond motifs is 2. The molecule has 13 heteroatoms. The van der Waals surface area contributed by atoms with Crippen LogP contribution in [0.4, 0.5) is 9.32 Å². The molecule has 3 aliphatic rings. The molecule has 0 saturated carbocycles. The van der Waals surface area contributed by atoms with Crippen molar-refractivity contribution in [2.24, 2.45) is 11.8 Å². The van der Waals surface area contributed by atoms with Crippen molar-refractivity contribution in [3.05, 3.63) is 89.1 Å². The molecule has 2 aromatic rings. The fourth-order valence-electron chi connectivity index (χ4n) is 5.99. The van der Waals surface area contributed by atoms with Crippen molar-refractivity contribution < 1.29 is 48.6 Å². The third kappa shape index (κ3) is 10.1. The number of halogens is 1. The van der Waals surface area contributed by atoms with Crippen molar-refractivity contribution >= 4 is 18.0 Å². The second-order valence-corrected chi connectivity index (χ2v) is 11.3. The summed E-state index contributed by atoms with van der Waals surface area (Å²) in [6, 6.07) is 6.73. The van der Waals surface area contributed by atoms with Gasteiger partial charge in [0, 0.05) is 43.4 Å². The largest absolute Gasteiger partial charge is 0.477 e. The van der Waals surface area contributed by atoms with Gasteiger partial charge in [0.1, 0.15) is 23.5 Å². The maximum Gasteiger partial charge on any atom is 0.407 e. The van der Waals surface area contributed by atoms with Crippen LogP contribution in [0.15, 0.2) is 77.8 Å². The summed E-state index contributed by atoms with van der Waals surface area (Å²) in [4.78, 5) is 44.4. The maximum absolute atomic E-state index is 12.7. The first-order valence-corrected chi connectivity index (χ1v) is 15.0. The number of aromatic nitrogens is 2. The Labute approximate surface area is 274 Å². The van der Waals surface area contributed by atoms with Crippen LogP contribution in [0.25, 0.3) is 0 Å². The molecule has 258 valence electrons. The zero-order chi connectivity index (χ0) is 33.9. The summed E-state index contributed by atoms with van der Waals surface area (Å²) in [5.74, 6) is -2.02. The number of allylic oxidation sites excluding steroid dienone is 2. The Hall–Kier alpha value is -4.33. The van der Waals surface area contributed by atoms with E-state index in [1.807, 2.05) is 32.1 Å². The molecule has 1 amide bonds. The summed E-state index contributed by atoms with van der Waals surface area (Å²) in [5, 5.41) is 33.6. The van der Waals surface area contributed by atoms with Gasteiger partial charge in [-0.1, -0.05) is 32.6 Å². The van der Waals surface area contributed by atoms with E-state index in [9.17, 15) is 29.1 Å². The minimum absolute atomic E-state index is 0. The van der Waals surface area contributed by atoms with Crippen molar-refractivity contribution in [3.8, 4) is 0 Å². The van der Waals surface area contributed by atoms with E-state index in [0.29, 0.717) is 24.0 Å². The predicted octanol–water partition coefficient (Wildman–Crippen LogP) is 5.22. The normalized spacial score (nSPS) is 26.5. The zero-order valence-corrected chi connectivity index (χ0v) is 26.3. The first-order valence-electron chi connectivity index (χ1n) is 15.0. The second kappa shape index (κ2) is 18.1. The zero-order valence-electron chi connectivity index (χ0n) is 26.3. The number of H-pyrrole nitrogens is 1. The Balaban J connectivity index is 0.000000547. The number of nitrogens with zero attached hydrogens (tertiary/aromatic N) is 1. The lowest BCUT2D eigenvalue weighted by Crippen LogP contribution is -2.47. The number of nitrogens with one attached hydrogen (secondary N) is 2. The monoisotopic (exact) mass is 659 g/mol. The first kappa shape index (κ1) is 38.9. The average Bonchev–Trinajstić information content (AvgIpc) is 3.70. The number of carbonyl (C=O) groups excluding carboxylic acids is 2. The van der Waals surface area contributed by atoms with Gasteiger partial charge in [-0.2, -0.15) is 4.94 Å². The lowest BCUT2D eigenvalue weighted by atomic mass is 9.68. The van der Waals surface area contributed by atoms with Gasteiger partial charge in [0.15, 0.2) is 0 Å². The van der Waals surface area contributed by atoms with Gasteiger partial charge in [0.25, 0.3) is 0 Å². The molecule has 0 radical (unpaired) electrons. The van der Waals surface area contributed by atoms with E-state index in [0.717, 1.165) is 24.7 Å². The van der Waals surface area contributed by atoms with Crippen molar-refractivity contribution in [2.45, 2.75) is 84.3 Å². The lowest BCUT2D eigenvalue weighted by molar-refractivity contribution is -0.158. The minimum Gasteiger partial charge on any atom is -0.477 e. The van der Waals surface area contributed by atoms with Crippen LogP contribution in [0.5, 0.6) is 0 Å². The molecule has 47 heavy (non-hydrogen) atoms. The Morgan fingerprint density at radius 1 is 1.23 bits per heavy atom. The molecule has 2 aliphatic carbocycles.